The van der Waals surface area contributed by atoms with E-state index < -0.39 is 0 Å². The standard InChI is InChI=1S/C20H19Cl2N3OS/c1-2-3-10-26-19-7-5-4-6-14(19)12-23-25-20-24-18(13-27-20)16-9-8-15(21)11-17(16)22/h4-9,11-13H,2-3,10H2,1H3,(H,24,25)/b23-12+. The number of para-hydroxylation sites is 1. The Morgan fingerprint density at radius 2 is 2.07 bits per heavy atom. The van der Waals surface area contributed by atoms with Crippen LogP contribution in [0.15, 0.2) is 52.9 Å². The molecular formula is C20H19Cl2N3OS. The lowest BCUT2D eigenvalue weighted by atomic mass is 10.2. The molecule has 0 unspecified atom stereocenters. The molecule has 0 atom stereocenters. The first-order valence-corrected chi connectivity index (χ1v) is 10.2. The van der Waals surface area contributed by atoms with Crippen LogP contribution in [0.25, 0.3) is 11.3 Å². The van der Waals surface area contributed by atoms with Gasteiger partial charge in [-0.05, 0) is 36.8 Å². The van der Waals surface area contributed by atoms with E-state index in [-0.39, 0.29) is 0 Å². The molecule has 0 aliphatic heterocycles. The minimum absolute atomic E-state index is 0.570. The molecule has 1 heterocycles. The number of hydrogen-bond donors (Lipinski definition) is 1. The molecule has 0 aliphatic carbocycles. The van der Waals surface area contributed by atoms with E-state index in [9.17, 15) is 0 Å². The first kappa shape index (κ1) is 19.7. The third kappa shape index (κ3) is 5.45. The van der Waals surface area contributed by atoms with Crippen molar-refractivity contribution >= 4 is 45.9 Å². The molecule has 0 aliphatic rings. The Bertz CT molecular complexity index is 927. The number of thiazole rings is 1. The molecule has 4 nitrogen and oxygen atoms in total. The summed E-state index contributed by atoms with van der Waals surface area (Å²) in [5.41, 5.74) is 5.49. The summed E-state index contributed by atoms with van der Waals surface area (Å²) < 4.78 is 5.81. The van der Waals surface area contributed by atoms with Gasteiger partial charge in [-0.25, -0.2) is 4.98 Å². The van der Waals surface area contributed by atoms with E-state index in [2.05, 4.69) is 22.4 Å². The largest absolute Gasteiger partial charge is 0.493 e. The number of hydrazone groups is 1. The van der Waals surface area contributed by atoms with Gasteiger partial charge < -0.3 is 4.74 Å². The number of aromatic nitrogens is 1. The van der Waals surface area contributed by atoms with E-state index >= 15 is 0 Å². The van der Waals surface area contributed by atoms with Crippen LogP contribution in [-0.4, -0.2) is 17.8 Å². The van der Waals surface area contributed by atoms with Gasteiger partial charge in [-0.1, -0.05) is 48.7 Å². The van der Waals surface area contributed by atoms with Gasteiger partial charge in [0.25, 0.3) is 0 Å². The van der Waals surface area contributed by atoms with Gasteiger partial charge in [0.2, 0.25) is 5.13 Å². The van der Waals surface area contributed by atoms with Crippen LogP contribution in [0.5, 0.6) is 5.75 Å². The molecule has 7 heteroatoms. The zero-order valence-electron chi connectivity index (χ0n) is 14.8. The van der Waals surface area contributed by atoms with Crippen molar-refractivity contribution in [3.8, 4) is 17.0 Å². The smallest absolute Gasteiger partial charge is 0.203 e. The summed E-state index contributed by atoms with van der Waals surface area (Å²) in [6, 6.07) is 13.2. The van der Waals surface area contributed by atoms with E-state index in [1.165, 1.54) is 11.3 Å². The lowest BCUT2D eigenvalue weighted by Gasteiger charge is -2.07. The number of ether oxygens (including phenoxy) is 1. The number of benzene rings is 2. The molecule has 27 heavy (non-hydrogen) atoms. The van der Waals surface area contributed by atoms with Gasteiger partial charge in [-0.2, -0.15) is 5.10 Å². The van der Waals surface area contributed by atoms with Crippen LogP contribution in [0.3, 0.4) is 0 Å². The maximum absolute atomic E-state index is 6.24. The van der Waals surface area contributed by atoms with Crippen molar-refractivity contribution in [2.75, 3.05) is 12.0 Å². The summed E-state index contributed by atoms with van der Waals surface area (Å²) in [7, 11) is 0. The Balaban J connectivity index is 1.67. The van der Waals surface area contributed by atoms with Gasteiger partial charge in [0, 0.05) is 21.5 Å². The highest BCUT2D eigenvalue weighted by atomic mass is 35.5. The molecule has 2 aromatic carbocycles. The van der Waals surface area contributed by atoms with Gasteiger partial charge in [0.15, 0.2) is 0 Å². The minimum Gasteiger partial charge on any atom is -0.493 e. The van der Waals surface area contributed by atoms with E-state index in [1.54, 1.807) is 18.3 Å². The van der Waals surface area contributed by atoms with Crippen molar-refractivity contribution in [2.24, 2.45) is 5.10 Å². The van der Waals surface area contributed by atoms with Crippen LogP contribution in [0.2, 0.25) is 10.0 Å². The van der Waals surface area contributed by atoms with Crippen molar-refractivity contribution in [2.45, 2.75) is 19.8 Å². The lowest BCUT2D eigenvalue weighted by molar-refractivity contribution is 0.309. The second-order valence-corrected chi connectivity index (χ2v) is 7.47. The van der Waals surface area contributed by atoms with Crippen LogP contribution >= 0.6 is 34.5 Å². The number of rotatable bonds is 8. The molecule has 1 aromatic heterocycles. The molecule has 0 amide bonds. The maximum atomic E-state index is 6.24. The summed E-state index contributed by atoms with van der Waals surface area (Å²) in [5, 5.41) is 8.06. The highest BCUT2D eigenvalue weighted by Crippen LogP contribution is 2.32. The molecule has 0 saturated heterocycles. The Kier molecular flexibility index (Phi) is 7.10. The van der Waals surface area contributed by atoms with Gasteiger partial charge in [0.05, 0.1) is 23.5 Å². The number of nitrogens with one attached hydrogen (secondary N) is 1. The Labute approximate surface area is 172 Å². The Hall–Kier alpha value is -2.08. The quantitative estimate of drug-likeness (QED) is 0.249. The van der Waals surface area contributed by atoms with Gasteiger partial charge >= 0.3 is 0 Å². The van der Waals surface area contributed by atoms with Crippen LogP contribution in [0.1, 0.15) is 25.3 Å². The zero-order valence-corrected chi connectivity index (χ0v) is 17.1. The number of unbranched alkanes of at least 4 members (excludes halogenated alkanes) is 1. The highest BCUT2D eigenvalue weighted by molar-refractivity contribution is 7.14. The highest BCUT2D eigenvalue weighted by Gasteiger charge is 2.08. The molecule has 0 saturated carbocycles. The number of hydrogen-bond acceptors (Lipinski definition) is 5. The molecule has 3 rings (SSSR count). The normalized spacial score (nSPS) is 11.1. The molecule has 0 spiro atoms. The summed E-state index contributed by atoms with van der Waals surface area (Å²) in [6.45, 7) is 2.84. The van der Waals surface area contributed by atoms with Crippen molar-refractivity contribution in [1.82, 2.24) is 4.98 Å². The van der Waals surface area contributed by atoms with Crippen molar-refractivity contribution < 1.29 is 4.74 Å². The Morgan fingerprint density at radius 1 is 1.22 bits per heavy atom. The fourth-order valence-electron chi connectivity index (χ4n) is 2.35. The van der Waals surface area contributed by atoms with Crippen LogP contribution in [0.4, 0.5) is 5.13 Å². The molecule has 140 valence electrons. The third-order valence-corrected chi connectivity index (χ3v) is 5.04. The average Bonchev–Trinajstić information content (AvgIpc) is 3.12. The molecular weight excluding hydrogens is 401 g/mol. The molecule has 0 radical (unpaired) electrons. The summed E-state index contributed by atoms with van der Waals surface area (Å²) in [5.74, 6) is 0.823. The van der Waals surface area contributed by atoms with Crippen molar-refractivity contribution in [3.63, 3.8) is 0 Å². The van der Waals surface area contributed by atoms with E-state index in [4.69, 9.17) is 27.9 Å². The van der Waals surface area contributed by atoms with Gasteiger partial charge in [-0.3, -0.25) is 5.43 Å². The topological polar surface area (TPSA) is 46.5 Å². The zero-order chi connectivity index (χ0) is 19.1. The number of halogens is 2. The molecule has 0 fully saturated rings. The summed E-state index contributed by atoms with van der Waals surface area (Å²) in [6.07, 6.45) is 3.86. The minimum atomic E-state index is 0.570. The fraction of sp³-hybridized carbons (Fsp3) is 0.200. The lowest BCUT2D eigenvalue weighted by Crippen LogP contribution is -2.00. The molecule has 3 aromatic rings. The third-order valence-electron chi connectivity index (χ3n) is 3.75. The van der Waals surface area contributed by atoms with Gasteiger partial charge in [0.1, 0.15) is 5.75 Å². The Morgan fingerprint density at radius 3 is 2.89 bits per heavy atom. The van der Waals surface area contributed by atoms with Crippen molar-refractivity contribution in [1.29, 1.82) is 0 Å². The van der Waals surface area contributed by atoms with E-state index in [0.29, 0.717) is 21.8 Å². The number of nitrogens with zero attached hydrogens (tertiary/aromatic N) is 2. The SMILES string of the molecule is CCCCOc1ccccc1/C=N/Nc1nc(-c2ccc(Cl)cc2Cl)cs1. The number of anilines is 1. The fourth-order valence-corrected chi connectivity index (χ4v) is 3.51. The second-order valence-electron chi connectivity index (χ2n) is 5.77. The van der Waals surface area contributed by atoms with Crippen LogP contribution < -0.4 is 10.2 Å². The summed E-state index contributed by atoms with van der Waals surface area (Å²) >= 11 is 13.6. The molecule has 0 bridgehead atoms. The first-order chi connectivity index (χ1) is 13.2. The van der Waals surface area contributed by atoms with Crippen LogP contribution in [-0.2, 0) is 0 Å². The van der Waals surface area contributed by atoms with E-state index in [1.807, 2.05) is 35.7 Å². The molecule has 1 N–H and O–H groups in total. The average molecular weight is 420 g/mol. The summed E-state index contributed by atoms with van der Waals surface area (Å²) in [4.78, 5) is 4.52. The second kappa shape index (κ2) is 9.74. The van der Waals surface area contributed by atoms with Gasteiger partial charge in [-0.15, -0.1) is 11.3 Å². The predicted octanol–water partition coefficient (Wildman–Crippen LogP) is 6.74. The predicted molar refractivity (Wildman–Crippen MR) is 116 cm³/mol. The van der Waals surface area contributed by atoms with Crippen LogP contribution in [0, 0.1) is 0 Å². The van der Waals surface area contributed by atoms with E-state index in [0.717, 1.165) is 35.4 Å². The van der Waals surface area contributed by atoms with Crippen molar-refractivity contribution in [3.05, 3.63) is 63.5 Å². The monoisotopic (exact) mass is 419 g/mol. The first-order valence-electron chi connectivity index (χ1n) is 8.59. The maximum Gasteiger partial charge on any atom is 0.203 e.